The number of hydrogen-bond acceptors (Lipinski definition) is 7. The fraction of sp³-hybridized carbons (Fsp3) is 0.500. The number of pyridine rings is 1. The standard InChI is InChI=1S/C22H30N4O4/c1-16(27)22(24-14-13-23-21-12-11-18(15-25-21)26(28)29)30-20-10-6-5-9-19(20)17-7-3-2-4-8-17/h5-6,9-12,15-17,22,24,27H,2-4,7-8,13-14H2,1H3,(H,23,25). The molecule has 0 bridgehead atoms. The van der Waals surface area contributed by atoms with Crippen LogP contribution in [0.25, 0.3) is 0 Å². The number of rotatable bonds is 10. The Morgan fingerprint density at radius 3 is 2.63 bits per heavy atom. The van der Waals surface area contributed by atoms with Gasteiger partial charge in [-0.05, 0) is 43.4 Å². The Morgan fingerprint density at radius 2 is 1.97 bits per heavy atom. The van der Waals surface area contributed by atoms with Crippen LogP contribution < -0.4 is 15.4 Å². The van der Waals surface area contributed by atoms with Crippen LogP contribution in [-0.4, -0.2) is 40.4 Å². The molecule has 0 aliphatic heterocycles. The molecular weight excluding hydrogens is 384 g/mol. The summed E-state index contributed by atoms with van der Waals surface area (Å²) in [6.07, 6.45) is 6.15. The molecule has 8 heteroatoms. The van der Waals surface area contributed by atoms with Gasteiger partial charge in [-0.1, -0.05) is 37.5 Å². The van der Waals surface area contributed by atoms with Crippen LogP contribution in [0, 0.1) is 10.1 Å². The van der Waals surface area contributed by atoms with Gasteiger partial charge < -0.3 is 15.2 Å². The maximum absolute atomic E-state index is 10.7. The Labute approximate surface area is 176 Å². The summed E-state index contributed by atoms with van der Waals surface area (Å²) in [6.45, 7) is 2.76. The van der Waals surface area contributed by atoms with Crippen molar-refractivity contribution in [2.75, 3.05) is 18.4 Å². The summed E-state index contributed by atoms with van der Waals surface area (Å²) in [5.74, 6) is 1.90. The molecule has 1 fully saturated rings. The lowest BCUT2D eigenvalue weighted by Crippen LogP contribution is -2.45. The number of nitrogens with zero attached hydrogens (tertiary/aromatic N) is 2. The molecule has 3 N–H and O–H groups in total. The summed E-state index contributed by atoms with van der Waals surface area (Å²) in [6, 6.07) is 11.1. The topological polar surface area (TPSA) is 110 Å². The number of aromatic nitrogens is 1. The molecule has 1 aliphatic carbocycles. The summed E-state index contributed by atoms with van der Waals surface area (Å²) >= 11 is 0. The van der Waals surface area contributed by atoms with Crippen molar-refractivity contribution in [2.24, 2.45) is 0 Å². The van der Waals surface area contributed by atoms with Crippen LogP contribution in [0.2, 0.25) is 0 Å². The van der Waals surface area contributed by atoms with Gasteiger partial charge in [-0.3, -0.25) is 15.4 Å². The number of hydrogen-bond donors (Lipinski definition) is 3. The highest BCUT2D eigenvalue weighted by Gasteiger charge is 2.22. The number of aliphatic hydroxyl groups excluding tert-OH is 1. The van der Waals surface area contributed by atoms with Gasteiger partial charge in [0.2, 0.25) is 0 Å². The van der Waals surface area contributed by atoms with Crippen molar-refractivity contribution in [3.05, 3.63) is 58.3 Å². The molecule has 3 rings (SSSR count). The molecule has 2 atom stereocenters. The van der Waals surface area contributed by atoms with Crippen LogP contribution in [0.5, 0.6) is 5.75 Å². The maximum Gasteiger partial charge on any atom is 0.287 e. The lowest BCUT2D eigenvalue weighted by molar-refractivity contribution is -0.385. The summed E-state index contributed by atoms with van der Waals surface area (Å²) in [5.41, 5.74) is 1.18. The Bertz CT molecular complexity index is 807. The predicted molar refractivity (Wildman–Crippen MR) is 116 cm³/mol. The van der Waals surface area contributed by atoms with Gasteiger partial charge >= 0.3 is 0 Å². The molecule has 8 nitrogen and oxygen atoms in total. The van der Waals surface area contributed by atoms with Gasteiger partial charge in [-0.25, -0.2) is 4.98 Å². The quantitative estimate of drug-likeness (QED) is 0.235. The second kappa shape index (κ2) is 10.9. The van der Waals surface area contributed by atoms with E-state index in [1.807, 2.05) is 18.2 Å². The van der Waals surface area contributed by atoms with Crippen LogP contribution in [0.4, 0.5) is 11.5 Å². The molecule has 1 saturated carbocycles. The molecule has 2 aromatic rings. The van der Waals surface area contributed by atoms with E-state index in [4.69, 9.17) is 4.74 Å². The third-order valence-electron chi connectivity index (χ3n) is 5.39. The second-order valence-electron chi connectivity index (χ2n) is 7.69. The van der Waals surface area contributed by atoms with Gasteiger partial charge in [0.1, 0.15) is 23.9 Å². The zero-order valence-corrected chi connectivity index (χ0v) is 17.3. The molecule has 1 aliphatic rings. The Kier molecular flexibility index (Phi) is 7.98. The SMILES string of the molecule is CC(O)C(NCCNc1ccc([N+](=O)[O-])cn1)Oc1ccccc1C1CCCCC1. The maximum atomic E-state index is 10.7. The highest BCUT2D eigenvalue weighted by Crippen LogP contribution is 2.37. The van der Waals surface area contributed by atoms with Crippen LogP contribution in [0.15, 0.2) is 42.6 Å². The molecule has 0 amide bonds. The van der Waals surface area contributed by atoms with Crippen molar-refractivity contribution in [3.63, 3.8) is 0 Å². The minimum atomic E-state index is -0.693. The van der Waals surface area contributed by atoms with Gasteiger partial charge in [0, 0.05) is 19.2 Å². The number of para-hydroxylation sites is 1. The van der Waals surface area contributed by atoms with Gasteiger partial charge in [0.15, 0.2) is 6.23 Å². The molecule has 0 radical (unpaired) electrons. The Balaban J connectivity index is 1.53. The van der Waals surface area contributed by atoms with Gasteiger partial charge in [-0.15, -0.1) is 0 Å². The van der Waals surface area contributed by atoms with Crippen molar-refractivity contribution in [2.45, 2.75) is 57.3 Å². The zero-order valence-electron chi connectivity index (χ0n) is 17.3. The van der Waals surface area contributed by atoms with E-state index in [1.165, 1.54) is 49.9 Å². The number of anilines is 1. The first-order valence-electron chi connectivity index (χ1n) is 10.6. The summed E-state index contributed by atoms with van der Waals surface area (Å²) in [4.78, 5) is 14.2. The first-order chi connectivity index (χ1) is 14.5. The van der Waals surface area contributed by atoms with E-state index in [-0.39, 0.29) is 5.69 Å². The first kappa shape index (κ1) is 22.0. The third-order valence-corrected chi connectivity index (χ3v) is 5.39. The van der Waals surface area contributed by atoms with Crippen molar-refractivity contribution in [1.29, 1.82) is 0 Å². The van der Waals surface area contributed by atoms with Crippen LogP contribution in [0.3, 0.4) is 0 Å². The molecule has 0 spiro atoms. The normalized spacial score (nSPS) is 16.6. The van der Waals surface area contributed by atoms with E-state index in [0.29, 0.717) is 24.8 Å². The van der Waals surface area contributed by atoms with E-state index in [2.05, 4.69) is 21.7 Å². The van der Waals surface area contributed by atoms with Crippen LogP contribution in [-0.2, 0) is 0 Å². The lowest BCUT2D eigenvalue weighted by Gasteiger charge is -2.28. The Morgan fingerprint density at radius 1 is 1.20 bits per heavy atom. The summed E-state index contributed by atoms with van der Waals surface area (Å²) in [5, 5.41) is 27.2. The molecule has 1 aromatic carbocycles. The highest BCUT2D eigenvalue weighted by atomic mass is 16.6. The number of aliphatic hydroxyl groups is 1. The highest BCUT2D eigenvalue weighted by molar-refractivity contribution is 5.40. The minimum Gasteiger partial charge on any atom is -0.472 e. The number of nitro groups is 1. The van der Waals surface area contributed by atoms with Gasteiger partial charge in [0.05, 0.1) is 4.92 Å². The first-order valence-corrected chi connectivity index (χ1v) is 10.6. The van der Waals surface area contributed by atoms with E-state index < -0.39 is 17.3 Å². The van der Waals surface area contributed by atoms with Gasteiger partial charge in [-0.2, -0.15) is 0 Å². The zero-order chi connectivity index (χ0) is 21.3. The average Bonchev–Trinajstić information content (AvgIpc) is 2.77. The largest absolute Gasteiger partial charge is 0.472 e. The van der Waals surface area contributed by atoms with Crippen molar-refractivity contribution < 1.29 is 14.8 Å². The number of benzene rings is 1. The van der Waals surface area contributed by atoms with Crippen molar-refractivity contribution in [1.82, 2.24) is 10.3 Å². The number of nitrogens with one attached hydrogen (secondary N) is 2. The van der Waals surface area contributed by atoms with Crippen LogP contribution in [0.1, 0.15) is 50.5 Å². The monoisotopic (exact) mass is 414 g/mol. The van der Waals surface area contributed by atoms with E-state index in [1.54, 1.807) is 13.0 Å². The van der Waals surface area contributed by atoms with Crippen molar-refractivity contribution >= 4 is 11.5 Å². The summed E-state index contributed by atoms with van der Waals surface area (Å²) < 4.78 is 6.18. The lowest BCUT2D eigenvalue weighted by atomic mass is 9.84. The second-order valence-corrected chi connectivity index (χ2v) is 7.69. The molecule has 30 heavy (non-hydrogen) atoms. The Hall–Kier alpha value is -2.71. The predicted octanol–water partition coefficient (Wildman–Crippen LogP) is 3.82. The third kappa shape index (κ3) is 6.14. The van der Waals surface area contributed by atoms with Crippen LogP contribution >= 0.6 is 0 Å². The minimum absolute atomic E-state index is 0.0436. The molecule has 0 saturated heterocycles. The molecule has 1 heterocycles. The van der Waals surface area contributed by atoms with Gasteiger partial charge in [0.25, 0.3) is 5.69 Å². The smallest absolute Gasteiger partial charge is 0.287 e. The molecule has 1 aromatic heterocycles. The van der Waals surface area contributed by atoms with E-state index in [0.717, 1.165) is 5.75 Å². The van der Waals surface area contributed by atoms with E-state index in [9.17, 15) is 15.2 Å². The fourth-order valence-electron chi connectivity index (χ4n) is 3.79. The summed E-state index contributed by atoms with van der Waals surface area (Å²) in [7, 11) is 0. The van der Waals surface area contributed by atoms with E-state index >= 15 is 0 Å². The fourth-order valence-corrected chi connectivity index (χ4v) is 3.79. The molecular formula is C22H30N4O4. The average molecular weight is 415 g/mol. The molecule has 162 valence electrons. The number of ether oxygens (including phenoxy) is 1. The van der Waals surface area contributed by atoms with Crippen molar-refractivity contribution in [3.8, 4) is 5.75 Å². The molecule has 2 unspecified atom stereocenters.